The fourth-order valence-corrected chi connectivity index (χ4v) is 5.87. The van der Waals surface area contributed by atoms with Crippen molar-refractivity contribution in [2.75, 3.05) is 38.7 Å². The van der Waals surface area contributed by atoms with E-state index >= 15 is 0 Å². The van der Waals surface area contributed by atoms with E-state index in [9.17, 15) is 14.7 Å². The van der Waals surface area contributed by atoms with E-state index in [0.29, 0.717) is 56.0 Å². The lowest BCUT2D eigenvalue weighted by Gasteiger charge is -2.50. The van der Waals surface area contributed by atoms with Gasteiger partial charge >= 0.3 is 6.03 Å². The second-order valence-electron chi connectivity index (χ2n) is 9.80. The molecular formula is C26H33N5O5. The largest absolute Gasteiger partial charge is 0.497 e. The number of carbonyl (C=O) groups is 2. The molecule has 2 aliphatic rings. The predicted molar refractivity (Wildman–Crippen MR) is 134 cm³/mol. The van der Waals surface area contributed by atoms with E-state index in [4.69, 9.17) is 9.26 Å². The van der Waals surface area contributed by atoms with Crippen LogP contribution in [0.25, 0.3) is 10.9 Å². The normalized spacial score (nSPS) is 19.0. The van der Waals surface area contributed by atoms with Gasteiger partial charge in [0.2, 0.25) is 5.91 Å². The highest BCUT2D eigenvalue weighted by atomic mass is 16.5. The van der Waals surface area contributed by atoms with Gasteiger partial charge in [-0.3, -0.25) is 4.79 Å². The van der Waals surface area contributed by atoms with E-state index in [2.05, 4.69) is 15.5 Å². The Morgan fingerprint density at radius 2 is 2.06 bits per heavy atom. The van der Waals surface area contributed by atoms with Crippen molar-refractivity contribution in [3.05, 3.63) is 40.9 Å². The molecule has 1 fully saturated rings. The smallest absolute Gasteiger partial charge is 0.321 e. The van der Waals surface area contributed by atoms with Crippen molar-refractivity contribution in [2.24, 2.45) is 0 Å². The summed E-state index contributed by atoms with van der Waals surface area (Å²) in [6.45, 7) is 6.83. The van der Waals surface area contributed by atoms with Crippen LogP contribution in [0.2, 0.25) is 0 Å². The second kappa shape index (κ2) is 9.16. The number of rotatable bonds is 4. The van der Waals surface area contributed by atoms with Crippen molar-refractivity contribution in [3.63, 3.8) is 0 Å². The molecule has 3 aromatic rings. The van der Waals surface area contributed by atoms with Crippen LogP contribution >= 0.6 is 0 Å². The maximum Gasteiger partial charge on any atom is 0.321 e. The minimum Gasteiger partial charge on any atom is -0.497 e. The topological polar surface area (TPSA) is 124 Å². The molecule has 0 unspecified atom stereocenters. The van der Waals surface area contributed by atoms with Crippen LogP contribution in [0.5, 0.6) is 5.75 Å². The molecule has 0 aliphatic carbocycles. The summed E-state index contributed by atoms with van der Waals surface area (Å²) < 4.78 is 10.6. The number of aliphatic hydroxyl groups is 1. The number of carbonyl (C=O) groups excluding carboxylic acids is 2. The van der Waals surface area contributed by atoms with Crippen LogP contribution in [-0.4, -0.2) is 70.3 Å². The second-order valence-corrected chi connectivity index (χ2v) is 9.80. The van der Waals surface area contributed by atoms with Gasteiger partial charge in [0.25, 0.3) is 0 Å². The van der Waals surface area contributed by atoms with Gasteiger partial charge in [0.1, 0.15) is 17.1 Å². The van der Waals surface area contributed by atoms with Gasteiger partial charge in [0.05, 0.1) is 19.8 Å². The van der Waals surface area contributed by atoms with Crippen molar-refractivity contribution >= 4 is 28.5 Å². The Morgan fingerprint density at radius 3 is 2.67 bits per heavy atom. The zero-order chi connectivity index (χ0) is 25.6. The molecule has 1 atom stereocenters. The molecule has 1 spiro atoms. The number of aromatic nitrogens is 2. The van der Waals surface area contributed by atoms with Crippen LogP contribution in [-0.2, 0) is 10.2 Å². The Morgan fingerprint density at radius 1 is 1.31 bits per heavy atom. The molecule has 36 heavy (non-hydrogen) atoms. The van der Waals surface area contributed by atoms with Gasteiger partial charge in [-0.2, -0.15) is 0 Å². The number of fused-ring (bicyclic) bond motifs is 4. The zero-order valence-corrected chi connectivity index (χ0v) is 21.2. The van der Waals surface area contributed by atoms with E-state index in [0.717, 1.165) is 27.9 Å². The summed E-state index contributed by atoms with van der Waals surface area (Å²) in [5, 5.41) is 18.3. The molecule has 2 aromatic heterocycles. The number of hydrogen-bond donors (Lipinski definition) is 3. The van der Waals surface area contributed by atoms with Crippen molar-refractivity contribution < 1.29 is 24.0 Å². The summed E-state index contributed by atoms with van der Waals surface area (Å²) in [6, 6.07) is 5.32. The van der Waals surface area contributed by atoms with Gasteiger partial charge in [0.15, 0.2) is 5.76 Å². The number of aromatic amines is 1. The Labute approximate surface area is 209 Å². The van der Waals surface area contributed by atoms with Gasteiger partial charge in [-0.15, -0.1) is 0 Å². The maximum atomic E-state index is 13.1. The average Bonchev–Trinajstić information content (AvgIpc) is 3.43. The number of piperidine rings is 1. The summed E-state index contributed by atoms with van der Waals surface area (Å²) in [6.07, 6.45) is 1.75. The number of methoxy groups -OCH3 is 1. The summed E-state index contributed by atoms with van der Waals surface area (Å²) in [4.78, 5) is 33.2. The first-order valence-electron chi connectivity index (χ1n) is 12.4. The third-order valence-electron chi connectivity index (χ3n) is 7.82. The van der Waals surface area contributed by atoms with Crippen LogP contribution in [0, 0.1) is 13.8 Å². The lowest BCUT2D eigenvalue weighted by Crippen LogP contribution is -2.56. The lowest BCUT2D eigenvalue weighted by atomic mass is 9.68. The monoisotopic (exact) mass is 495 g/mol. The van der Waals surface area contributed by atoms with Gasteiger partial charge in [-0.1, -0.05) is 12.1 Å². The van der Waals surface area contributed by atoms with Crippen molar-refractivity contribution in [3.8, 4) is 5.75 Å². The van der Waals surface area contributed by atoms with Crippen LogP contribution in [0.3, 0.4) is 0 Å². The molecule has 0 saturated carbocycles. The van der Waals surface area contributed by atoms with E-state index < -0.39 is 6.04 Å². The van der Waals surface area contributed by atoms with Gasteiger partial charge in [0, 0.05) is 54.1 Å². The minimum atomic E-state index is -0.433. The Balaban J connectivity index is 1.49. The first-order valence-corrected chi connectivity index (χ1v) is 12.4. The quantitative estimate of drug-likeness (QED) is 0.508. The maximum absolute atomic E-state index is 13.1. The number of hydrogen-bond acceptors (Lipinski definition) is 6. The number of urea groups is 1. The predicted octanol–water partition coefficient (Wildman–Crippen LogP) is 3.63. The molecule has 3 N–H and O–H groups in total. The van der Waals surface area contributed by atoms with Crippen LogP contribution in [0.15, 0.2) is 22.7 Å². The van der Waals surface area contributed by atoms with Crippen molar-refractivity contribution in [2.45, 2.75) is 51.5 Å². The van der Waals surface area contributed by atoms with E-state index in [-0.39, 0.29) is 24.0 Å². The van der Waals surface area contributed by atoms with E-state index in [1.165, 1.54) is 0 Å². The Bertz CT molecular complexity index is 1280. The number of nitrogens with zero attached hydrogens (tertiary/aromatic N) is 3. The number of amides is 3. The van der Waals surface area contributed by atoms with Gasteiger partial charge in [-0.25, -0.2) is 4.79 Å². The van der Waals surface area contributed by atoms with Crippen molar-refractivity contribution in [1.82, 2.24) is 19.9 Å². The molecule has 192 valence electrons. The first-order chi connectivity index (χ1) is 17.3. The summed E-state index contributed by atoms with van der Waals surface area (Å²) in [7, 11) is 1.63. The Hall–Kier alpha value is -3.53. The number of benzene rings is 1. The molecule has 3 amide bonds. The number of aliphatic hydroxyl groups excluding tert-OH is 1. The molecular weight excluding hydrogens is 462 g/mol. The fourth-order valence-electron chi connectivity index (χ4n) is 5.87. The SMILES string of the molecule is CCC(=O)N1CC2(CCN(C(=O)Nc3c(C)noc3C)CC2)c2c([nH]c3cc(OC)ccc23)[C@@H]1CO. The Kier molecular flexibility index (Phi) is 6.15. The number of aryl methyl sites for hydroxylation is 2. The van der Waals surface area contributed by atoms with Gasteiger partial charge < -0.3 is 34.5 Å². The summed E-state index contributed by atoms with van der Waals surface area (Å²) in [5.41, 5.74) is 3.85. The van der Waals surface area contributed by atoms with Gasteiger partial charge in [-0.05, 0) is 44.4 Å². The summed E-state index contributed by atoms with van der Waals surface area (Å²) in [5.74, 6) is 1.32. The minimum absolute atomic E-state index is 0.00823. The molecule has 4 heterocycles. The van der Waals surface area contributed by atoms with Crippen molar-refractivity contribution in [1.29, 1.82) is 0 Å². The molecule has 0 radical (unpaired) electrons. The van der Waals surface area contributed by atoms with Crippen LogP contribution in [0.4, 0.5) is 10.5 Å². The van der Waals surface area contributed by atoms with Crippen LogP contribution in [0.1, 0.15) is 54.9 Å². The summed E-state index contributed by atoms with van der Waals surface area (Å²) >= 11 is 0. The average molecular weight is 496 g/mol. The third kappa shape index (κ3) is 3.80. The first kappa shape index (κ1) is 24.2. The molecule has 10 nitrogen and oxygen atoms in total. The zero-order valence-electron chi connectivity index (χ0n) is 21.2. The highest BCUT2D eigenvalue weighted by molar-refractivity contribution is 5.91. The van der Waals surface area contributed by atoms with E-state index in [1.54, 1.807) is 25.9 Å². The highest BCUT2D eigenvalue weighted by Gasteiger charge is 2.48. The number of anilines is 1. The number of H-pyrrole nitrogens is 1. The standard InChI is InChI=1S/C26H33N5O5/c1-5-21(33)31-14-26(8-10-30(11-9-26)25(34)28-23-15(2)29-36-16(23)3)22-18-7-6-17(35-4)12-19(18)27-24(22)20(31)13-32/h6-7,12,20,27,32H,5,8-11,13-14H2,1-4H3,(H,28,34)/t20-/m0/s1. The van der Waals surface area contributed by atoms with E-state index in [1.807, 2.05) is 30.0 Å². The molecule has 1 aromatic carbocycles. The molecule has 0 bridgehead atoms. The molecule has 10 heteroatoms. The van der Waals surface area contributed by atoms with Crippen LogP contribution < -0.4 is 10.1 Å². The number of ether oxygens (including phenoxy) is 1. The lowest BCUT2D eigenvalue weighted by molar-refractivity contribution is -0.137. The number of likely N-dealkylation sites (tertiary alicyclic amines) is 1. The number of nitrogens with one attached hydrogen (secondary N) is 2. The molecule has 5 rings (SSSR count). The highest BCUT2D eigenvalue weighted by Crippen LogP contribution is 2.49. The molecule has 2 aliphatic heterocycles. The molecule has 1 saturated heterocycles. The third-order valence-corrected chi connectivity index (χ3v) is 7.82. The fraction of sp³-hybridized carbons (Fsp3) is 0.500.